The van der Waals surface area contributed by atoms with Crippen LogP contribution < -0.4 is 0 Å². The average Bonchev–Trinajstić information content (AvgIpc) is 3.05. The van der Waals surface area contributed by atoms with Crippen molar-refractivity contribution in [1.82, 2.24) is 9.80 Å². The van der Waals surface area contributed by atoms with E-state index < -0.39 is 11.4 Å². The molecule has 0 unspecified atom stereocenters. The number of likely N-dealkylation sites (tertiary alicyclic amines) is 2. The van der Waals surface area contributed by atoms with Gasteiger partial charge in [0.1, 0.15) is 11.5 Å². The van der Waals surface area contributed by atoms with E-state index in [-0.39, 0.29) is 5.92 Å². The Morgan fingerprint density at radius 1 is 1.42 bits per heavy atom. The van der Waals surface area contributed by atoms with Crippen LogP contribution in [0.1, 0.15) is 24.4 Å². The highest BCUT2D eigenvalue weighted by Gasteiger charge is 2.53. The molecule has 2 aliphatic rings. The van der Waals surface area contributed by atoms with E-state index in [1.807, 2.05) is 19.1 Å². The summed E-state index contributed by atoms with van der Waals surface area (Å²) < 4.78 is 10.9. The summed E-state index contributed by atoms with van der Waals surface area (Å²) in [6, 6.07) is 4.00. The smallest absolute Gasteiger partial charge is 0.311 e. The minimum atomic E-state index is -0.636. The first kappa shape index (κ1) is 17.5. The molecule has 3 heterocycles. The third-order valence-corrected chi connectivity index (χ3v) is 5.55. The van der Waals surface area contributed by atoms with Crippen molar-refractivity contribution in [3.63, 3.8) is 0 Å². The van der Waals surface area contributed by atoms with Gasteiger partial charge in [0.25, 0.3) is 0 Å². The molecular weight excluding hydrogens is 308 g/mol. The highest BCUT2D eigenvalue weighted by molar-refractivity contribution is 5.76. The number of nitrogens with zero attached hydrogens (tertiary/aromatic N) is 2. The van der Waals surface area contributed by atoms with Crippen LogP contribution in [0, 0.1) is 18.3 Å². The third kappa shape index (κ3) is 3.50. The first-order chi connectivity index (χ1) is 11.5. The second-order valence-corrected chi connectivity index (χ2v) is 7.24. The van der Waals surface area contributed by atoms with Gasteiger partial charge in [-0.3, -0.25) is 14.6 Å². The Kier molecular flexibility index (Phi) is 5.27. The molecule has 6 nitrogen and oxygen atoms in total. The fraction of sp³-hybridized carbons (Fsp3) is 0.722. The summed E-state index contributed by atoms with van der Waals surface area (Å²) in [7, 11) is 1.69. The predicted octanol–water partition coefficient (Wildman–Crippen LogP) is 1.83. The van der Waals surface area contributed by atoms with Crippen LogP contribution in [-0.2, 0) is 16.1 Å². The molecule has 1 aromatic rings. The Morgan fingerprint density at radius 3 is 2.88 bits per heavy atom. The Hall–Kier alpha value is -1.37. The lowest BCUT2D eigenvalue weighted by molar-refractivity contribution is -0.151. The molecule has 0 bridgehead atoms. The number of furan rings is 1. The monoisotopic (exact) mass is 336 g/mol. The van der Waals surface area contributed by atoms with Crippen LogP contribution in [0.15, 0.2) is 16.5 Å². The van der Waals surface area contributed by atoms with E-state index in [9.17, 15) is 9.90 Å². The van der Waals surface area contributed by atoms with Gasteiger partial charge in [0.05, 0.1) is 18.6 Å². The Morgan fingerprint density at radius 2 is 2.21 bits per heavy atom. The second-order valence-electron chi connectivity index (χ2n) is 7.24. The largest absolute Gasteiger partial charge is 0.481 e. The zero-order valence-electron chi connectivity index (χ0n) is 14.7. The minimum absolute atomic E-state index is 0.158. The topological polar surface area (TPSA) is 66.2 Å². The van der Waals surface area contributed by atoms with Crippen molar-refractivity contribution in [1.29, 1.82) is 0 Å². The minimum Gasteiger partial charge on any atom is -0.481 e. The molecule has 2 atom stereocenters. The molecule has 0 saturated carbocycles. The highest BCUT2D eigenvalue weighted by atomic mass is 16.5. The molecule has 2 aliphatic heterocycles. The molecule has 6 heteroatoms. The number of aliphatic carboxylic acids is 1. The summed E-state index contributed by atoms with van der Waals surface area (Å²) in [4.78, 5) is 16.7. The van der Waals surface area contributed by atoms with E-state index in [2.05, 4.69) is 9.80 Å². The SMILES string of the molecule is COCCN1C[C@H]2CN(Cc3ccc(C)o3)CCC[C@@]2(C(=O)O)C1. The lowest BCUT2D eigenvalue weighted by atomic mass is 9.75. The zero-order valence-corrected chi connectivity index (χ0v) is 14.7. The number of hydrogen-bond donors (Lipinski definition) is 1. The average molecular weight is 336 g/mol. The molecule has 0 radical (unpaired) electrons. The molecule has 1 aromatic heterocycles. The molecule has 0 amide bonds. The summed E-state index contributed by atoms with van der Waals surface area (Å²) in [6.45, 7) is 7.40. The van der Waals surface area contributed by atoms with Crippen molar-refractivity contribution in [3.8, 4) is 0 Å². The number of carbonyl (C=O) groups is 1. The van der Waals surface area contributed by atoms with E-state index in [0.29, 0.717) is 13.2 Å². The summed E-state index contributed by atoms with van der Waals surface area (Å²) in [6.07, 6.45) is 1.67. The molecule has 2 fully saturated rings. The first-order valence-electron chi connectivity index (χ1n) is 8.76. The van der Waals surface area contributed by atoms with E-state index >= 15 is 0 Å². The molecule has 2 saturated heterocycles. The van der Waals surface area contributed by atoms with Crippen LogP contribution >= 0.6 is 0 Å². The number of methoxy groups -OCH3 is 1. The van der Waals surface area contributed by atoms with Gasteiger partial charge in [-0.15, -0.1) is 0 Å². The third-order valence-electron chi connectivity index (χ3n) is 5.55. The van der Waals surface area contributed by atoms with Crippen LogP contribution in [0.2, 0.25) is 0 Å². The number of hydrogen-bond acceptors (Lipinski definition) is 5. The summed E-state index contributed by atoms with van der Waals surface area (Å²) in [5, 5.41) is 9.95. The lowest BCUT2D eigenvalue weighted by Crippen LogP contribution is -2.41. The Labute approximate surface area is 143 Å². The summed E-state index contributed by atoms with van der Waals surface area (Å²) in [5.41, 5.74) is -0.610. The van der Waals surface area contributed by atoms with Gasteiger partial charge in [0, 0.05) is 39.2 Å². The van der Waals surface area contributed by atoms with E-state index in [1.165, 1.54) is 0 Å². The van der Waals surface area contributed by atoms with Crippen molar-refractivity contribution >= 4 is 5.97 Å². The van der Waals surface area contributed by atoms with Crippen molar-refractivity contribution < 1.29 is 19.1 Å². The number of fused-ring (bicyclic) bond motifs is 1. The maximum atomic E-state index is 12.1. The highest BCUT2D eigenvalue weighted by Crippen LogP contribution is 2.43. The normalized spacial score (nSPS) is 28.7. The predicted molar refractivity (Wildman–Crippen MR) is 89.8 cm³/mol. The molecule has 0 aromatic carbocycles. The van der Waals surface area contributed by atoms with E-state index in [1.54, 1.807) is 7.11 Å². The Bertz CT molecular complexity index is 573. The van der Waals surface area contributed by atoms with E-state index in [4.69, 9.17) is 9.15 Å². The van der Waals surface area contributed by atoms with Gasteiger partial charge in [-0.25, -0.2) is 0 Å². The lowest BCUT2D eigenvalue weighted by Gasteiger charge is -2.29. The van der Waals surface area contributed by atoms with Gasteiger partial charge in [-0.1, -0.05) is 0 Å². The zero-order chi connectivity index (χ0) is 17.2. The number of rotatable bonds is 6. The number of aryl methyl sites for hydroxylation is 1. The van der Waals surface area contributed by atoms with Gasteiger partial charge in [-0.2, -0.15) is 0 Å². The quantitative estimate of drug-likeness (QED) is 0.855. The van der Waals surface area contributed by atoms with Crippen LogP contribution in [0.25, 0.3) is 0 Å². The second kappa shape index (κ2) is 7.25. The fourth-order valence-electron chi connectivity index (χ4n) is 4.29. The first-order valence-corrected chi connectivity index (χ1v) is 8.76. The van der Waals surface area contributed by atoms with Crippen LogP contribution in [-0.4, -0.2) is 67.3 Å². The van der Waals surface area contributed by atoms with Gasteiger partial charge >= 0.3 is 5.97 Å². The maximum Gasteiger partial charge on any atom is 0.311 e. The molecular formula is C18H28N2O4. The van der Waals surface area contributed by atoms with Crippen molar-refractivity contribution in [3.05, 3.63) is 23.7 Å². The van der Waals surface area contributed by atoms with Gasteiger partial charge < -0.3 is 14.3 Å². The molecule has 24 heavy (non-hydrogen) atoms. The molecule has 1 N–H and O–H groups in total. The van der Waals surface area contributed by atoms with Crippen LogP contribution in [0.5, 0.6) is 0 Å². The van der Waals surface area contributed by atoms with Crippen LogP contribution in [0.3, 0.4) is 0 Å². The molecule has 134 valence electrons. The van der Waals surface area contributed by atoms with Crippen molar-refractivity contribution in [2.45, 2.75) is 26.3 Å². The Balaban J connectivity index is 1.71. The fourth-order valence-corrected chi connectivity index (χ4v) is 4.29. The number of carboxylic acids is 1. The van der Waals surface area contributed by atoms with Gasteiger partial charge in [0.2, 0.25) is 0 Å². The van der Waals surface area contributed by atoms with Crippen LogP contribution in [0.4, 0.5) is 0 Å². The maximum absolute atomic E-state index is 12.1. The summed E-state index contributed by atoms with van der Waals surface area (Å²) >= 11 is 0. The molecule has 0 aliphatic carbocycles. The van der Waals surface area contributed by atoms with Gasteiger partial charge in [-0.05, 0) is 38.4 Å². The molecule has 3 rings (SSSR count). The standard InChI is InChI=1S/C18H28N2O4/c1-14-4-5-16(24-14)12-19-7-3-6-18(17(21)22)13-20(8-9-23-2)11-15(18)10-19/h4-5,15H,3,6-13H2,1-2H3,(H,21,22)/t15-,18-/m1/s1. The summed E-state index contributed by atoms with van der Waals surface area (Å²) in [5.74, 6) is 1.41. The van der Waals surface area contributed by atoms with E-state index in [0.717, 1.165) is 57.1 Å². The van der Waals surface area contributed by atoms with Gasteiger partial charge in [0.15, 0.2) is 0 Å². The molecule has 0 spiro atoms. The van der Waals surface area contributed by atoms with Crippen molar-refractivity contribution in [2.24, 2.45) is 11.3 Å². The van der Waals surface area contributed by atoms with Crippen molar-refractivity contribution in [2.75, 3.05) is 46.4 Å². The number of carboxylic acid groups (broad SMARTS) is 1. The number of ether oxygens (including phenoxy) is 1.